The average Bonchev–Trinajstić information content (AvgIpc) is 2.93. The molecule has 0 aliphatic heterocycles. The van der Waals surface area contributed by atoms with Gasteiger partial charge >= 0.3 is 5.97 Å². The van der Waals surface area contributed by atoms with Crippen molar-refractivity contribution in [1.82, 2.24) is 14.8 Å². The maximum absolute atomic E-state index is 12.0. The standard InChI is InChI=1S/C16H17N5O3S/c1-3-24-15(23)8-13-19-20-16(21(13)2)25-10-14(22)18-12-6-4-5-11(7-12)9-17/h4-7H,3,8,10H2,1-2H3,(H,18,22). The largest absolute Gasteiger partial charge is 0.466 e. The maximum atomic E-state index is 12.0. The Bertz CT molecular complexity index is 812. The predicted octanol–water partition coefficient (Wildman–Crippen LogP) is 1.52. The number of nitriles is 1. The lowest BCUT2D eigenvalue weighted by Gasteiger charge is -2.06. The van der Waals surface area contributed by atoms with E-state index in [4.69, 9.17) is 10.00 Å². The SMILES string of the molecule is CCOC(=O)Cc1nnc(SCC(=O)Nc2cccc(C#N)c2)n1C. The average molecular weight is 359 g/mol. The van der Waals surface area contributed by atoms with Crippen LogP contribution in [0.5, 0.6) is 0 Å². The first kappa shape index (κ1) is 18.5. The Balaban J connectivity index is 1.90. The van der Waals surface area contributed by atoms with Crippen LogP contribution in [0.15, 0.2) is 29.4 Å². The second-order valence-corrected chi connectivity index (χ2v) is 5.91. The monoisotopic (exact) mass is 359 g/mol. The van der Waals surface area contributed by atoms with Gasteiger partial charge < -0.3 is 14.6 Å². The molecule has 1 aromatic carbocycles. The van der Waals surface area contributed by atoms with E-state index in [0.29, 0.717) is 28.8 Å². The minimum absolute atomic E-state index is 0.0328. The van der Waals surface area contributed by atoms with Crippen LogP contribution in [0.25, 0.3) is 0 Å². The van der Waals surface area contributed by atoms with E-state index < -0.39 is 0 Å². The molecule has 2 rings (SSSR count). The van der Waals surface area contributed by atoms with Crippen LogP contribution in [0.3, 0.4) is 0 Å². The molecule has 9 heteroatoms. The third-order valence-electron chi connectivity index (χ3n) is 3.14. The molecule has 0 saturated heterocycles. The highest BCUT2D eigenvalue weighted by molar-refractivity contribution is 7.99. The molecule has 0 bridgehead atoms. The number of esters is 1. The van der Waals surface area contributed by atoms with E-state index >= 15 is 0 Å². The molecular formula is C16H17N5O3S. The third-order valence-corrected chi connectivity index (χ3v) is 4.16. The summed E-state index contributed by atoms with van der Waals surface area (Å²) in [5, 5.41) is 20.0. The van der Waals surface area contributed by atoms with Crippen LogP contribution in [0.1, 0.15) is 18.3 Å². The smallest absolute Gasteiger partial charge is 0.313 e. The van der Waals surface area contributed by atoms with Crippen molar-refractivity contribution in [2.24, 2.45) is 7.05 Å². The van der Waals surface area contributed by atoms with Gasteiger partial charge in [0.15, 0.2) is 5.16 Å². The normalized spacial score (nSPS) is 10.1. The molecule has 25 heavy (non-hydrogen) atoms. The first-order valence-electron chi connectivity index (χ1n) is 7.50. The summed E-state index contributed by atoms with van der Waals surface area (Å²) in [7, 11) is 1.73. The number of hydrogen-bond acceptors (Lipinski definition) is 7. The lowest BCUT2D eigenvalue weighted by molar-refractivity contribution is -0.142. The molecule has 8 nitrogen and oxygen atoms in total. The van der Waals surface area contributed by atoms with Gasteiger partial charge in [-0.2, -0.15) is 5.26 Å². The summed E-state index contributed by atoms with van der Waals surface area (Å²) < 4.78 is 6.54. The number of nitrogens with zero attached hydrogens (tertiary/aromatic N) is 4. The van der Waals surface area contributed by atoms with Crippen molar-refractivity contribution in [3.05, 3.63) is 35.7 Å². The molecule has 1 aromatic heterocycles. The summed E-state index contributed by atoms with van der Waals surface area (Å²) in [5.41, 5.74) is 1.04. The molecule has 0 fully saturated rings. The molecule has 1 heterocycles. The molecule has 0 aliphatic rings. The molecule has 1 N–H and O–H groups in total. The number of thioether (sulfide) groups is 1. The number of ether oxygens (including phenoxy) is 1. The molecule has 0 radical (unpaired) electrons. The van der Waals surface area contributed by atoms with E-state index in [2.05, 4.69) is 15.5 Å². The molecule has 0 saturated carbocycles. The number of anilines is 1. The molecule has 0 atom stereocenters. The Labute approximate surface area is 149 Å². The maximum Gasteiger partial charge on any atom is 0.313 e. The number of rotatable bonds is 7. The van der Waals surface area contributed by atoms with Crippen molar-refractivity contribution in [1.29, 1.82) is 5.26 Å². The first-order chi connectivity index (χ1) is 12.0. The van der Waals surface area contributed by atoms with Crippen molar-refractivity contribution >= 4 is 29.3 Å². The zero-order valence-electron chi connectivity index (χ0n) is 13.9. The molecule has 1 amide bonds. The Hall–Kier alpha value is -2.86. The summed E-state index contributed by atoms with van der Waals surface area (Å²) >= 11 is 1.21. The van der Waals surface area contributed by atoms with Gasteiger partial charge in [-0.3, -0.25) is 9.59 Å². The lowest BCUT2D eigenvalue weighted by atomic mass is 10.2. The van der Waals surface area contributed by atoms with Crippen LogP contribution in [0.4, 0.5) is 5.69 Å². The summed E-state index contributed by atoms with van der Waals surface area (Å²) in [6, 6.07) is 8.69. The van der Waals surface area contributed by atoms with Crippen LogP contribution in [0.2, 0.25) is 0 Å². The van der Waals surface area contributed by atoms with Crippen LogP contribution in [-0.2, 0) is 27.8 Å². The van der Waals surface area contributed by atoms with E-state index in [1.807, 2.05) is 6.07 Å². The van der Waals surface area contributed by atoms with Gasteiger partial charge in [-0.1, -0.05) is 17.8 Å². The van der Waals surface area contributed by atoms with Crippen LogP contribution >= 0.6 is 11.8 Å². The van der Waals surface area contributed by atoms with Gasteiger partial charge in [-0.25, -0.2) is 0 Å². The van der Waals surface area contributed by atoms with E-state index in [0.717, 1.165) is 0 Å². The quantitative estimate of drug-likeness (QED) is 0.589. The minimum atomic E-state index is -0.371. The van der Waals surface area contributed by atoms with Crippen LogP contribution in [-0.4, -0.2) is 39.0 Å². The topological polar surface area (TPSA) is 110 Å². The number of nitrogens with one attached hydrogen (secondary N) is 1. The fourth-order valence-corrected chi connectivity index (χ4v) is 2.69. The fourth-order valence-electron chi connectivity index (χ4n) is 1.96. The third kappa shape index (κ3) is 5.32. The first-order valence-corrected chi connectivity index (χ1v) is 8.48. The Morgan fingerprint density at radius 1 is 1.40 bits per heavy atom. The second kappa shape index (κ2) is 8.84. The van der Waals surface area contributed by atoms with Crippen molar-refractivity contribution in [3.63, 3.8) is 0 Å². The molecule has 0 spiro atoms. The molecule has 0 unspecified atom stereocenters. The Kier molecular flexibility index (Phi) is 6.54. The van der Waals surface area contributed by atoms with Gasteiger partial charge in [-0.05, 0) is 25.1 Å². The van der Waals surface area contributed by atoms with Crippen molar-refractivity contribution in [2.75, 3.05) is 17.7 Å². The fraction of sp³-hybridized carbons (Fsp3) is 0.312. The number of amides is 1. The minimum Gasteiger partial charge on any atom is -0.466 e. The Morgan fingerprint density at radius 3 is 2.92 bits per heavy atom. The number of aromatic nitrogens is 3. The van der Waals surface area contributed by atoms with Crippen molar-refractivity contribution < 1.29 is 14.3 Å². The lowest BCUT2D eigenvalue weighted by Crippen LogP contribution is -2.15. The van der Waals surface area contributed by atoms with Crippen LogP contribution < -0.4 is 5.32 Å². The molecule has 2 aromatic rings. The number of carbonyl (C=O) groups excluding carboxylic acids is 2. The summed E-state index contributed by atoms with van der Waals surface area (Å²) in [5.74, 6) is 0.00472. The summed E-state index contributed by atoms with van der Waals surface area (Å²) in [6.45, 7) is 2.05. The zero-order chi connectivity index (χ0) is 18.2. The predicted molar refractivity (Wildman–Crippen MR) is 91.9 cm³/mol. The van der Waals surface area contributed by atoms with Gasteiger partial charge in [-0.15, -0.1) is 10.2 Å². The van der Waals surface area contributed by atoms with Gasteiger partial charge in [0.25, 0.3) is 0 Å². The van der Waals surface area contributed by atoms with E-state index in [1.165, 1.54) is 11.8 Å². The van der Waals surface area contributed by atoms with Gasteiger partial charge in [0.2, 0.25) is 5.91 Å². The van der Waals surface area contributed by atoms with E-state index in [-0.39, 0.29) is 24.1 Å². The highest BCUT2D eigenvalue weighted by atomic mass is 32.2. The van der Waals surface area contributed by atoms with Gasteiger partial charge in [0, 0.05) is 12.7 Å². The Morgan fingerprint density at radius 2 is 2.20 bits per heavy atom. The highest BCUT2D eigenvalue weighted by Crippen LogP contribution is 2.17. The van der Waals surface area contributed by atoms with E-state index in [1.54, 1.807) is 42.8 Å². The van der Waals surface area contributed by atoms with E-state index in [9.17, 15) is 9.59 Å². The summed E-state index contributed by atoms with van der Waals surface area (Å²) in [6.07, 6.45) is 0.0328. The molecule has 130 valence electrons. The number of benzene rings is 1. The zero-order valence-corrected chi connectivity index (χ0v) is 14.7. The van der Waals surface area contributed by atoms with Crippen molar-refractivity contribution in [3.8, 4) is 6.07 Å². The van der Waals surface area contributed by atoms with Gasteiger partial charge in [0.05, 0.1) is 24.0 Å². The number of hydrogen-bond donors (Lipinski definition) is 1. The highest BCUT2D eigenvalue weighted by Gasteiger charge is 2.15. The van der Waals surface area contributed by atoms with Crippen LogP contribution in [0, 0.1) is 11.3 Å². The van der Waals surface area contributed by atoms with Crippen molar-refractivity contribution in [2.45, 2.75) is 18.5 Å². The number of carbonyl (C=O) groups is 2. The van der Waals surface area contributed by atoms with Gasteiger partial charge in [0.1, 0.15) is 12.2 Å². The molecular weight excluding hydrogens is 342 g/mol. The molecule has 0 aliphatic carbocycles. The summed E-state index contributed by atoms with van der Waals surface area (Å²) in [4.78, 5) is 23.5. The second-order valence-electron chi connectivity index (χ2n) is 4.97.